The molecule has 12 heteroatoms. The molecule has 0 saturated carbocycles. The molecule has 12 rings (SSSR count). The van der Waals surface area contributed by atoms with E-state index in [4.69, 9.17) is 4.98 Å². The molecule has 0 radical (unpaired) electrons. The predicted molar refractivity (Wildman–Crippen MR) is 303 cm³/mol. The highest BCUT2D eigenvalue weighted by atomic mass is 15.0. The van der Waals surface area contributed by atoms with Crippen molar-refractivity contribution in [1.29, 1.82) is 47.4 Å². The van der Waals surface area contributed by atoms with Crippen molar-refractivity contribution in [3.05, 3.63) is 232 Å². The highest BCUT2D eigenvalue weighted by molar-refractivity contribution is 6.14. The van der Waals surface area contributed by atoms with Crippen molar-refractivity contribution >= 4 is 43.6 Å². The van der Waals surface area contributed by atoms with Crippen LogP contribution in [0.5, 0.6) is 0 Å². The van der Waals surface area contributed by atoms with E-state index in [1.807, 2.05) is 91.0 Å². The minimum atomic E-state index is 0.326. The van der Waals surface area contributed by atoms with E-state index in [2.05, 4.69) is 63.8 Å². The van der Waals surface area contributed by atoms with Gasteiger partial charge in [-0.1, -0.05) is 66.7 Å². The minimum absolute atomic E-state index is 0.326. The molecule has 0 fully saturated rings. The third-order valence-corrected chi connectivity index (χ3v) is 14.6. The summed E-state index contributed by atoms with van der Waals surface area (Å²) in [6.07, 6.45) is 3.53. The number of rotatable bonds is 7. The average Bonchev–Trinajstić information content (AvgIpc) is 4.04. The van der Waals surface area contributed by atoms with Crippen LogP contribution in [-0.4, -0.2) is 14.1 Å². The number of hydrogen-bond acceptors (Lipinski definition) is 10. The van der Waals surface area contributed by atoms with E-state index >= 15 is 0 Å². The minimum Gasteiger partial charge on any atom is -0.307 e. The Morgan fingerprint density at radius 1 is 0.275 bits per heavy atom. The summed E-state index contributed by atoms with van der Waals surface area (Å²) in [5.41, 5.74) is 13.9. The van der Waals surface area contributed by atoms with Gasteiger partial charge in [0.1, 0.15) is 0 Å². The highest BCUT2D eigenvalue weighted by Gasteiger charge is 2.26. The van der Waals surface area contributed by atoms with Crippen molar-refractivity contribution < 1.29 is 0 Å². The average molecular weight is 1020 g/mol. The van der Waals surface area contributed by atoms with E-state index in [1.165, 1.54) is 0 Å². The van der Waals surface area contributed by atoms with Crippen LogP contribution in [0.25, 0.3) is 111 Å². The lowest BCUT2D eigenvalue weighted by Gasteiger charge is -2.20. The Bertz CT molecular complexity index is 4590. The van der Waals surface area contributed by atoms with Gasteiger partial charge in [0.25, 0.3) is 0 Å². The van der Waals surface area contributed by atoms with E-state index < -0.39 is 0 Å². The largest absolute Gasteiger partial charge is 0.307 e. The predicted octanol–water partition coefficient (Wildman–Crippen LogP) is 14.5. The maximum absolute atomic E-state index is 10.9. The van der Waals surface area contributed by atoms with Gasteiger partial charge in [0, 0.05) is 32.7 Å². The molecule has 0 spiro atoms. The van der Waals surface area contributed by atoms with Crippen molar-refractivity contribution in [3.63, 3.8) is 0 Å². The first-order valence-corrected chi connectivity index (χ1v) is 24.7. The molecule has 0 N–H and O–H groups in total. The SMILES string of the molecule is N#Cc1ccc(-c2ccc3c(c2)c2cc(-c4ccc(C#N)cc4C#N)ccc2n3-c2cncc(-n3c4ccc(-c5ccc(C#N)cc5C#N)cc4c4cc(-c5ccc(C#N)cc5C#N)ccc43)c2-c2ccccc2C#N)c(C#N)c1. The molecule has 12 aromatic rings. The standard InChI is InChI=1S/C68H30N12/c69-29-40-5-13-53(49(21-40)34-74)44-9-17-62-58(25-44)59-26-45(54-14-6-41(30-70)22-50(54)35-75)10-18-63(59)79(62)66-38-78-39-67(68(66)57-4-2-1-3-48(57)33-73)80-64-19-11-46(55-15-7-42(31-71)23-51(55)36-76)27-60(64)61-28-47(12-20-65(61)80)56-16-8-43(32-72)24-52(56)37-77/h1-28,38-39H. The maximum atomic E-state index is 10.9. The van der Waals surface area contributed by atoms with E-state index in [-0.39, 0.29) is 0 Å². The second kappa shape index (κ2) is 19.4. The summed E-state index contributed by atoms with van der Waals surface area (Å²) in [7, 11) is 0. The molecule has 3 aromatic heterocycles. The second-order valence-electron chi connectivity index (χ2n) is 18.7. The molecule has 80 heavy (non-hydrogen) atoms. The zero-order chi connectivity index (χ0) is 55.2. The molecule has 0 unspecified atom stereocenters. The lowest BCUT2D eigenvalue weighted by Crippen LogP contribution is -2.05. The van der Waals surface area contributed by atoms with E-state index in [9.17, 15) is 47.4 Å². The van der Waals surface area contributed by atoms with Crippen LogP contribution in [0, 0.1) is 102 Å². The van der Waals surface area contributed by atoms with Crippen molar-refractivity contribution in [2.24, 2.45) is 0 Å². The molecule has 12 nitrogen and oxygen atoms in total. The molecule has 0 amide bonds. The summed E-state index contributed by atoms with van der Waals surface area (Å²) < 4.78 is 4.19. The molecule has 0 aliphatic rings. The summed E-state index contributed by atoms with van der Waals surface area (Å²) in [6, 6.07) is 71.0. The summed E-state index contributed by atoms with van der Waals surface area (Å²) in [5.74, 6) is 0. The molecule has 0 atom stereocenters. The van der Waals surface area contributed by atoms with Crippen molar-refractivity contribution in [2.45, 2.75) is 0 Å². The van der Waals surface area contributed by atoms with Gasteiger partial charge in [-0.3, -0.25) is 4.98 Å². The Kier molecular flexibility index (Phi) is 11.7. The molecule has 3 heterocycles. The second-order valence-corrected chi connectivity index (χ2v) is 18.7. The van der Waals surface area contributed by atoms with Crippen LogP contribution < -0.4 is 0 Å². The Labute approximate surface area is 456 Å². The van der Waals surface area contributed by atoms with Crippen molar-refractivity contribution in [2.75, 3.05) is 0 Å². The van der Waals surface area contributed by atoms with Crippen LogP contribution in [0.3, 0.4) is 0 Å². The number of nitriles is 9. The highest BCUT2D eigenvalue weighted by Crippen LogP contribution is 2.45. The van der Waals surface area contributed by atoms with Crippen LogP contribution >= 0.6 is 0 Å². The van der Waals surface area contributed by atoms with Gasteiger partial charge >= 0.3 is 0 Å². The van der Waals surface area contributed by atoms with Gasteiger partial charge in [0.2, 0.25) is 0 Å². The molecular weight excluding hydrogens is 985 g/mol. The number of fused-ring (bicyclic) bond motifs is 6. The Balaban J connectivity index is 1.18. The third-order valence-electron chi connectivity index (χ3n) is 14.6. The zero-order valence-corrected chi connectivity index (χ0v) is 41.7. The molecule has 362 valence electrons. The molecular formula is C68H30N12. The first kappa shape index (κ1) is 48.1. The van der Waals surface area contributed by atoms with E-state index in [1.54, 1.807) is 91.3 Å². The Morgan fingerprint density at radius 3 is 0.863 bits per heavy atom. The van der Waals surface area contributed by atoms with Crippen LogP contribution in [0.15, 0.2) is 182 Å². The molecule has 0 bridgehead atoms. The van der Waals surface area contributed by atoms with Gasteiger partial charge in [-0.15, -0.1) is 0 Å². The monoisotopic (exact) mass is 1010 g/mol. The molecule has 0 aliphatic heterocycles. The zero-order valence-electron chi connectivity index (χ0n) is 41.7. The first-order valence-electron chi connectivity index (χ1n) is 24.7. The Morgan fingerprint density at radius 2 is 0.575 bits per heavy atom. The topological polar surface area (TPSA) is 237 Å². The lowest BCUT2D eigenvalue weighted by molar-refractivity contribution is 1.09. The quantitative estimate of drug-likeness (QED) is 0.146. The van der Waals surface area contributed by atoms with Crippen molar-refractivity contribution in [3.8, 4) is 122 Å². The van der Waals surface area contributed by atoms with Crippen LogP contribution in [-0.2, 0) is 0 Å². The van der Waals surface area contributed by atoms with Crippen LogP contribution in [0.4, 0.5) is 0 Å². The maximum Gasteiger partial charge on any atom is 0.0998 e. The fraction of sp³-hybridized carbons (Fsp3) is 0. The normalized spacial score (nSPS) is 10.6. The van der Waals surface area contributed by atoms with E-state index in [0.29, 0.717) is 94.8 Å². The number of nitrogens with zero attached hydrogens (tertiary/aromatic N) is 12. The fourth-order valence-corrected chi connectivity index (χ4v) is 10.9. The summed E-state index contributed by atoms with van der Waals surface area (Å²) in [5, 5.41) is 94.2. The summed E-state index contributed by atoms with van der Waals surface area (Å²) in [6.45, 7) is 0. The molecule has 0 saturated heterocycles. The van der Waals surface area contributed by atoms with Gasteiger partial charge in [-0.05, 0) is 148 Å². The molecule has 0 aliphatic carbocycles. The van der Waals surface area contributed by atoms with Crippen molar-refractivity contribution in [1.82, 2.24) is 14.1 Å². The summed E-state index contributed by atoms with van der Waals surface area (Å²) >= 11 is 0. The lowest BCUT2D eigenvalue weighted by atomic mass is 9.95. The number of benzene rings is 9. The number of pyridine rings is 1. The van der Waals surface area contributed by atoms with Gasteiger partial charge < -0.3 is 9.13 Å². The van der Waals surface area contributed by atoms with Gasteiger partial charge in [-0.2, -0.15) is 47.4 Å². The first-order chi connectivity index (χ1) is 39.2. The van der Waals surface area contributed by atoms with Crippen LogP contribution in [0.2, 0.25) is 0 Å². The van der Waals surface area contributed by atoms with Gasteiger partial charge in [0.15, 0.2) is 0 Å². The van der Waals surface area contributed by atoms with Gasteiger partial charge in [0.05, 0.1) is 151 Å². The number of aromatic nitrogens is 3. The fourth-order valence-electron chi connectivity index (χ4n) is 10.9. The Hall–Kier alpha value is -12.9. The van der Waals surface area contributed by atoms with Crippen LogP contribution in [0.1, 0.15) is 50.1 Å². The van der Waals surface area contributed by atoms with E-state index in [0.717, 1.165) is 65.9 Å². The summed E-state index contributed by atoms with van der Waals surface area (Å²) in [4.78, 5) is 5.01. The molecule has 9 aromatic carbocycles. The smallest absolute Gasteiger partial charge is 0.0998 e. The third kappa shape index (κ3) is 7.73. The van der Waals surface area contributed by atoms with Gasteiger partial charge in [-0.25, -0.2) is 0 Å². The number of hydrogen-bond donors (Lipinski definition) is 0.